The summed E-state index contributed by atoms with van der Waals surface area (Å²) in [5.74, 6) is 0.773. The Morgan fingerprint density at radius 2 is 2.25 bits per heavy atom. The molecule has 0 radical (unpaired) electrons. The number of nitrogens with one attached hydrogen (secondary N) is 2. The van der Waals surface area contributed by atoms with E-state index in [0.717, 1.165) is 23.0 Å². The van der Waals surface area contributed by atoms with E-state index in [0.29, 0.717) is 0 Å². The monoisotopic (exact) mass is 236 g/mol. The molecule has 4 nitrogen and oxygen atoms in total. The molecule has 1 aromatic heterocycles. The SMILES string of the molecule is CCNC(c1ncn[nH]1)c1ccccc1Cl. The Morgan fingerprint density at radius 3 is 2.88 bits per heavy atom. The molecule has 2 rings (SSSR count). The van der Waals surface area contributed by atoms with Crippen LogP contribution in [-0.4, -0.2) is 21.7 Å². The molecule has 2 aromatic rings. The van der Waals surface area contributed by atoms with E-state index in [-0.39, 0.29) is 6.04 Å². The lowest BCUT2D eigenvalue weighted by atomic mass is 10.1. The van der Waals surface area contributed by atoms with Crippen molar-refractivity contribution in [2.24, 2.45) is 0 Å². The van der Waals surface area contributed by atoms with Gasteiger partial charge >= 0.3 is 0 Å². The van der Waals surface area contributed by atoms with Gasteiger partial charge in [0, 0.05) is 5.02 Å². The number of aromatic nitrogens is 3. The third-order valence-corrected chi connectivity index (χ3v) is 2.68. The molecule has 1 unspecified atom stereocenters. The van der Waals surface area contributed by atoms with Crippen LogP contribution in [0.3, 0.4) is 0 Å². The predicted molar refractivity (Wildman–Crippen MR) is 63.4 cm³/mol. The van der Waals surface area contributed by atoms with E-state index in [1.165, 1.54) is 6.33 Å². The number of hydrogen-bond acceptors (Lipinski definition) is 3. The molecule has 0 aliphatic rings. The number of halogens is 1. The molecule has 0 amide bonds. The van der Waals surface area contributed by atoms with Crippen molar-refractivity contribution in [3.8, 4) is 0 Å². The van der Waals surface area contributed by atoms with Crippen LogP contribution in [0.5, 0.6) is 0 Å². The number of nitrogens with zero attached hydrogens (tertiary/aromatic N) is 2. The summed E-state index contributed by atoms with van der Waals surface area (Å²) >= 11 is 6.17. The molecule has 0 bridgehead atoms. The minimum atomic E-state index is -0.0406. The minimum Gasteiger partial charge on any atom is -0.304 e. The van der Waals surface area contributed by atoms with Crippen molar-refractivity contribution < 1.29 is 0 Å². The third-order valence-electron chi connectivity index (χ3n) is 2.33. The van der Waals surface area contributed by atoms with Crippen LogP contribution in [0, 0.1) is 0 Å². The summed E-state index contributed by atoms with van der Waals surface area (Å²) in [6, 6.07) is 7.69. The average molecular weight is 237 g/mol. The van der Waals surface area contributed by atoms with Gasteiger partial charge in [-0.3, -0.25) is 5.10 Å². The van der Waals surface area contributed by atoms with Crippen molar-refractivity contribution in [1.82, 2.24) is 20.5 Å². The Hall–Kier alpha value is -1.39. The normalized spacial score (nSPS) is 12.6. The first-order valence-corrected chi connectivity index (χ1v) is 5.53. The Bertz CT molecular complexity index is 441. The average Bonchev–Trinajstić information content (AvgIpc) is 2.80. The standard InChI is InChI=1S/C11H13ClN4/c1-2-13-10(11-14-7-15-16-11)8-5-3-4-6-9(8)12/h3-7,10,13H,2H2,1H3,(H,14,15,16). The summed E-state index contributed by atoms with van der Waals surface area (Å²) in [4.78, 5) is 4.16. The van der Waals surface area contributed by atoms with Gasteiger partial charge < -0.3 is 5.32 Å². The Morgan fingerprint density at radius 1 is 1.44 bits per heavy atom. The highest BCUT2D eigenvalue weighted by atomic mass is 35.5. The molecule has 0 aliphatic carbocycles. The fourth-order valence-electron chi connectivity index (χ4n) is 1.62. The maximum Gasteiger partial charge on any atom is 0.146 e. The van der Waals surface area contributed by atoms with E-state index in [1.54, 1.807) is 0 Å². The van der Waals surface area contributed by atoms with Crippen molar-refractivity contribution in [1.29, 1.82) is 0 Å². The first-order valence-electron chi connectivity index (χ1n) is 5.16. The van der Waals surface area contributed by atoms with E-state index in [9.17, 15) is 0 Å². The molecular formula is C11H13ClN4. The maximum absolute atomic E-state index is 6.17. The summed E-state index contributed by atoms with van der Waals surface area (Å²) < 4.78 is 0. The first kappa shape index (κ1) is 11.1. The topological polar surface area (TPSA) is 53.6 Å². The van der Waals surface area contributed by atoms with Crippen LogP contribution in [0.25, 0.3) is 0 Å². The number of benzene rings is 1. The van der Waals surface area contributed by atoms with E-state index in [2.05, 4.69) is 20.5 Å². The van der Waals surface area contributed by atoms with Crippen molar-refractivity contribution in [2.45, 2.75) is 13.0 Å². The Kier molecular flexibility index (Phi) is 3.54. The van der Waals surface area contributed by atoms with Gasteiger partial charge in [-0.1, -0.05) is 36.7 Å². The van der Waals surface area contributed by atoms with Gasteiger partial charge in [-0.25, -0.2) is 4.98 Å². The number of rotatable bonds is 4. The van der Waals surface area contributed by atoms with E-state index in [1.807, 2.05) is 31.2 Å². The molecule has 2 N–H and O–H groups in total. The fourth-order valence-corrected chi connectivity index (χ4v) is 1.87. The molecule has 1 aromatic carbocycles. The zero-order valence-electron chi connectivity index (χ0n) is 8.94. The van der Waals surface area contributed by atoms with E-state index < -0.39 is 0 Å². The molecular weight excluding hydrogens is 224 g/mol. The highest BCUT2D eigenvalue weighted by molar-refractivity contribution is 6.31. The van der Waals surface area contributed by atoms with Gasteiger partial charge in [-0.15, -0.1) is 0 Å². The molecule has 1 atom stereocenters. The van der Waals surface area contributed by atoms with Gasteiger partial charge in [-0.05, 0) is 18.2 Å². The van der Waals surface area contributed by atoms with Crippen LogP contribution in [0.4, 0.5) is 0 Å². The Balaban J connectivity index is 2.37. The minimum absolute atomic E-state index is 0.0406. The summed E-state index contributed by atoms with van der Waals surface area (Å²) in [6.07, 6.45) is 1.50. The second-order valence-electron chi connectivity index (χ2n) is 3.38. The number of H-pyrrole nitrogens is 1. The molecule has 1 heterocycles. The highest BCUT2D eigenvalue weighted by Crippen LogP contribution is 2.25. The van der Waals surface area contributed by atoms with Crippen LogP contribution in [0.2, 0.25) is 5.02 Å². The van der Waals surface area contributed by atoms with Crippen LogP contribution in [-0.2, 0) is 0 Å². The molecule has 16 heavy (non-hydrogen) atoms. The molecule has 5 heteroatoms. The summed E-state index contributed by atoms with van der Waals surface area (Å²) in [5, 5.41) is 10.8. The summed E-state index contributed by atoms with van der Waals surface area (Å²) in [6.45, 7) is 2.87. The third kappa shape index (κ3) is 2.23. The van der Waals surface area contributed by atoms with Crippen molar-refractivity contribution >= 4 is 11.6 Å². The van der Waals surface area contributed by atoms with Gasteiger partial charge in [0.25, 0.3) is 0 Å². The van der Waals surface area contributed by atoms with Gasteiger partial charge in [0.15, 0.2) is 0 Å². The first-order chi connectivity index (χ1) is 7.83. The van der Waals surface area contributed by atoms with Gasteiger partial charge in [0.2, 0.25) is 0 Å². The molecule has 0 saturated carbocycles. The van der Waals surface area contributed by atoms with E-state index >= 15 is 0 Å². The molecule has 84 valence electrons. The van der Waals surface area contributed by atoms with Crippen molar-refractivity contribution in [3.63, 3.8) is 0 Å². The van der Waals surface area contributed by atoms with Crippen LogP contribution >= 0.6 is 11.6 Å². The lowest BCUT2D eigenvalue weighted by Gasteiger charge is -2.16. The quantitative estimate of drug-likeness (QED) is 0.856. The smallest absolute Gasteiger partial charge is 0.146 e. The second kappa shape index (κ2) is 5.09. The number of hydrogen-bond donors (Lipinski definition) is 2. The zero-order chi connectivity index (χ0) is 11.4. The Labute approximate surface area is 99.1 Å². The summed E-state index contributed by atoms with van der Waals surface area (Å²) in [5.41, 5.74) is 1.00. The van der Waals surface area contributed by atoms with Crippen molar-refractivity contribution in [2.75, 3.05) is 6.54 Å². The second-order valence-corrected chi connectivity index (χ2v) is 3.79. The summed E-state index contributed by atoms with van der Waals surface area (Å²) in [7, 11) is 0. The highest BCUT2D eigenvalue weighted by Gasteiger charge is 2.17. The number of aromatic amines is 1. The van der Waals surface area contributed by atoms with Crippen LogP contribution < -0.4 is 5.32 Å². The lowest BCUT2D eigenvalue weighted by molar-refractivity contribution is 0.600. The van der Waals surface area contributed by atoms with Crippen molar-refractivity contribution in [3.05, 3.63) is 47.0 Å². The van der Waals surface area contributed by atoms with Gasteiger partial charge in [0.05, 0.1) is 6.04 Å². The van der Waals surface area contributed by atoms with E-state index in [4.69, 9.17) is 11.6 Å². The molecule has 0 aliphatic heterocycles. The molecule has 0 spiro atoms. The van der Waals surface area contributed by atoms with Crippen LogP contribution in [0.1, 0.15) is 24.4 Å². The molecule has 0 fully saturated rings. The maximum atomic E-state index is 6.17. The molecule has 0 saturated heterocycles. The fraction of sp³-hybridized carbons (Fsp3) is 0.273. The predicted octanol–water partition coefficient (Wildman–Crippen LogP) is 2.16. The largest absolute Gasteiger partial charge is 0.304 e. The van der Waals surface area contributed by atoms with Crippen LogP contribution in [0.15, 0.2) is 30.6 Å². The van der Waals surface area contributed by atoms with Gasteiger partial charge in [0.1, 0.15) is 12.2 Å². The lowest BCUT2D eigenvalue weighted by Crippen LogP contribution is -2.23. The zero-order valence-corrected chi connectivity index (χ0v) is 9.70. The van der Waals surface area contributed by atoms with Gasteiger partial charge in [-0.2, -0.15) is 5.10 Å².